The lowest BCUT2D eigenvalue weighted by molar-refractivity contribution is 0.0955. The number of aryl methyl sites for hydroxylation is 1. The van der Waals surface area contributed by atoms with Gasteiger partial charge in [-0.05, 0) is 56.2 Å². The molecule has 2 aromatic carbocycles. The zero-order valence-corrected chi connectivity index (χ0v) is 19.0. The van der Waals surface area contributed by atoms with E-state index >= 15 is 0 Å². The average molecular weight is 490 g/mol. The third-order valence-corrected chi connectivity index (χ3v) is 6.58. The van der Waals surface area contributed by atoms with Gasteiger partial charge in [-0.1, -0.05) is 28.1 Å². The third kappa shape index (κ3) is 3.05. The molecule has 0 N–H and O–H groups in total. The number of hydrogen-bond donors (Lipinski definition) is 0. The molecule has 32 heavy (non-hydrogen) atoms. The second-order valence-electron chi connectivity index (χ2n) is 8.10. The lowest BCUT2D eigenvalue weighted by Crippen LogP contribution is -2.29. The van der Waals surface area contributed by atoms with Crippen molar-refractivity contribution < 1.29 is 4.74 Å². The first-order chi connectivity index (χ1) is 15.6. The number of hydrogen-bond acceptors (Lipinski definition) is 5. The van der Waals surface area contributed by atoms with E-state index in [0.29, 0.717) is 34.6 Å². The van der Waals surface area contributed by atoms with E-state index in [1.807, 2.05) is 60.0 Å². The summed E-state index contributed by atoms with van der Waals surface area (Å²) in [5, 5.41) is 0.491. The topological polar surface area (TPSA) is 74.8 Å². The van der Waals surface area contributed by atoms with Crippen molar-refractivity contribution in [2.45, 2.75) is 32.4 Å². The van der Waals surface area contributed by atoms with Crippen LogP contribution >= 0.6 is 15.9 Å². The van der Waals surface area contributed by atoms with Crippen LogP contribution in [0.1, 0.15) is 18.7 Å². The van der Waals surface area contributed by atoms with Crippen molar-refractivity contribution in [1.29, 1.82) is 0 Å². The Bertz CT molecular complexity index is 1550. The summed E-state index contributed by atoms with van der Waals surface area (Å²) >= 11 is 3.50. The highest BCUT2D eigenvalue weighted by Crippen LogP contribution is 2.29. The molecule has 160 valence electrons. The summed E-state index contributed by atoms with van der Waals surface area (Å²) in [5.41, 5.74) is 4.07. The minimum Gasteiger partial charge on any atom is -0.376 e. The summed E-state index contributed by atoms with van der Waals surface area (Å²) < 4.78 is 10.4. The summed E-state index contributed by atoms with van der Waals surface area (Å²) in [7, 11) is 0. The Morgan fingerprint density at radius 2 is 1.78 bits per heavy atom. The fourth-order valence-corrected chi connectivity index (χ4v) is 4.74. The van der Waals surface area contributed by atoms with Gasteiger partial charge >= 0.3 is 0 Å². The fraction of sp³-hybridized carbons (Fsp3) is 0.250. The number of ether oxygens (including phenoxy) is 1. The average Bonchev–Trinajstić information content (AvgIpc) is 3.41. The predicted octanol–water partition coefficient (Wildman–Crippen LogP) is 4.53. The number of halogens is 1. The molecule has 0 spiro atoms. The maximum Gasteiger partial charge on any atom is 0.265 e. The molecule has 7 nitrogen and oxygen atoms in total. The van der Waals surface area contributed by atoms with Crippen molar-refractivity contribution in [3.8, 4) is 5.69 Å². The van der Waals surface area contributed by atoms with E-state index in [1.54, 1.807) is 4.57 Å². The number of aromatic nitrogens is 5. The van der Waals surface area contributed by atoms with Crippen molar-refractivity contribution >= 4 is 49.2 Å². The molecular formula is C24H20BrN5O2. The monoisotopic (exact) mass is 489 g/mol. The van der Waals surface area contributed by atoms with Gasteiger partial charge in [0.15, 0.2) is 11.3 Å². The molecule has 1 aliphatic heterocycles. The van der Waals surface area contributed by atoms with Crippen LogP contribution in [-0.4, -0.2) is 36.8 Å². The van der Waals surface area contributed by atoms with Crippen molar-refractivity contribution in [3.05, 3.63) is 69.2 Å². The van der Waals surface area contributed by atoms with E-state index in [1.165, 1.54) is 0 Å². The molecule has 0 aliphatic carbocycles. The van der Waals surface area contributed by atoms with Gasteiger partial charge in [0.2, 0.25) is 0 Å². The number of nitrogens with zero attached hydrogens (tertiary/aromatic N) is 5. The summed E-state index contributed by atoms with van der Waals surface area (Å²) in [5.74, 6) is 0.656. The smallest absolute Gasteiger partial charge is 0.265 e. The highest BCUT2D eigenvalue weighted by atomic mass is 79.9. The summed E-state index contributed by atoms with van der Waals surface area (Å²) in [4.78, 5) is 28.4. The molecule has 1 unspecified atom stereocenters. The van der Waals surface area contributed by atoms with Crippen molar-refractivity contribution in [3.63, 3.8) is 0 Å². The van der Waals surface area contributed by atoms with Gasteiger partial charge in [-0.3, -0.25) is 13.9 Å². The molecule has 1 aliphatic rings. The quantitative estimate of drug-likeness (QED) is 0.372. The second kappa shape index (κ2) is 7.50. The van der Waals surface area contributed by atoms with Gasteiger partial charge in [0.05, 0.1) is 23.7 Å². The number of fused-ring (bicyclic) bond motifs is 4. The van der Waals surface area contributed by atoms with Crippen LogP contribution in [0.3, 0.4) is 0 Å². The van der Waals surface area contributed by atoms with Gasteiger partial charge in [0.25, 0.3) is 5.56 Å². The molecular weight excluding hydrogens is 470 g/mol. The lowest BCUT2D eigenvalue weighted by Gasteiger charge is -2.14. The zero-order chi connectivity index (χ0) is 21.8. The molecule has 0 saturated carbocycles. The largest absolute Gasteiger partial charge is 0.376 e. The summed E-state index contributed by atoms with van der Waals surface area (Å²) in [6, 6.07) is 15.6. The van der Waals surface area contributed by atoms with Crippen LogP contribution in [0.15, 0.2) is 57.8 Å². The van der Waals surface area contributed by atoms with E-state index in [0.717, 1.165) is 40.6 Å². The lowest BCUT2D eigenvalue weighted by atomic mass is 10.2. The molecule has 5 aromatic rings. The molecule has 0 radical (unpaired) electrons. The van der Waals surface area contributed by atoms with Crippen molar-refractivity contribution in [2.24, 2.45) is 0 Å². The van der Waals surface area contributed by atoms with E-state index in [4.69, 9.17) is 19.7 Å². The Morgan fingerprint density at radius 3 is 2.50 bits per heavy atom. The SMILES string of the molecule is Cc1nc2c(c(=O)n1CC1CCCO1)c1nc3ccccc3nc1n2-c1ccc(Br)cc1. The standard InChI is InChI=1S/C24H20BrN5O2/c1-14-26-22-20(24(31)29(14)13-17-5-4-12-32-17)21-23(28-19-7-3-2-6-18(19)27-21)30(22)16-10-8-15(25)9-11-16/h2-3,6-11,17H,4-5,12-13H2,1H3. The molecule has 1 saturated heterocycles. The number of para-hydroxylation sites is 2. The molecule has 0 amide bonds. The zero-order valence-electron chi connectivity index (χ0n) is 17.5. The van der Waals surface area contributed by atoms with Crippen LogP contribution in [0.5, 0.6) is 0 Å². The molecule has 0 bridgehead atoms. The van der Waals surface area contributed by atoms with Gasteiger partial charge in [0, 0.05) is 16.8 Å². The van der Waals surface area contributed by atoms with Crippen molar-refractivity contribution in [2.75, 3.05) is 6.61 Å². The van der Waals surface area contributed by atoms with Crippen LogP contribution in [0.25, 0.3) is 38.9 Å². The van der Waals surface area contributed by atoms with Crippen molar-refractivity contribution in [1.82, 2.24) is 24.1 Å². The van der Waals surface area contributed by atoms with Crippen LogP contribution in [0, 0.1) is 6.92 Å². The molecule has 6 rings (SSSR count). The summed E-state index contributed by atoms with van der Waals surface area (Å²) in [6.07, 6.45) is 2.01. The highest BCUT2D eigenvalue weighted by molar-refractivity contribution is 9.10. The third-order valence-electron chi connectivity index (χ3n) is 6.05. The van der Waals surface area contributed by atoms with Gasteiger partial charge in [-0.15, -0.1) is 0 Å². The van der Waals surface area contributed by atoms with Crippen LogP contribution in [0.2, 0.25) is 0 Å². The Kier molecular flexibility index (Phi) is 4.58. The molecule has 8 heteroatoms. The predicted molar refractivity (Wildman–Crippen MR) is 127 cm³/mol. The van der Waals surface area contributed by atoms with Crippen LogP contribution < -0.4 is 5.56 Å². The fourth-order valence-electron chi connectivity index (χ4n) is 4.47. The van der Waals surface area contributed by atoms with Crippen LogP contribution in [-0.2, 0) is 11.3 Å². The molecule has 4 heterocycles. The van der Waals surface area contributed by atoms with Gasteiger partial charge in [-0.2, -0.15) is 0 Å². The normalized spacial score (nSPS) is 16.5. The first-order valence-corrected chi connectivity index (χ1v) is 11.5. The summed E-state index contributed by atoms with van der Waals surface area (Å²) in [6.45, 7) is 3.12. The molecule has 1 fully saturated rings. The minimum absolute atomic E-state index is 0.0392. The van der Waals surface area contributed by atoms with E-state index in [2.05, 4.69) is 15.9 Å². The van der Waals surface area contributed by atoms with E-state index < -0.39 is 0 Å². The Labute approximate surface area is 191 Å². The second-order valence-corrected chi connectivity index (χ2v) is 9.02. The Morgan fingerprint density at radius 1 is 1.03 bits per heavy atom. The maximum absolute atomic E-state index is 13.8. The maximum atomic E-state index is 13.8. The first-order valence-electron chi connectivity index (χ1n) is 10.7. The number of benzene rings is 2. The van der Waals surface area contributed by atoms with E-state index in [9.17, 15) is 4.79 Å². The Hall–Kier alpha value is -3.10. The van der Waals surface area contributed by atoms with Gasteiger partial charge in [0.1, 0.15) is 16.7 Å². The first kappa shape index (κ1) is 19.6. The van der Waals surface area contributed by atoms with E-state index in [-0.39, 0.29) is 11.7 Å². The Balaban J connectivity index is 1.71. The van der Waals surface area contributed by atoms with Gasteiger partial charge in [-0.25, -0.2) is 15.0 Å². The number of rotatable bonds is 3. The highest BCUT2D eigenvalue weighted by Gasteiger charge is 2.24. The minimum atomic E-state index is -0.103. The van der Waals surface area contributed by atoms with Gasteiger partial charge < -0.3 is 4.74 Å². The molecule has 1 atom stereocenters. The van der Waals surface area contributed by atoms with Crippen LogP contribution in [0.4, 0.5) is 0 Å². The molecule has 3 aromatic heterocycles.